The van der Waals surface area contributed by atoms with Crippen LogP contribution < -0.4 is 21.2 Å². The molecule has 0 saturated heterocycles. The summed E-state index contributed by atoms with van der Waals surface area (Å²) in [6.07, 6.45) is 0. The Labute approximate surface area is 169 Å². The summed E-state index contributed by atoms with van der Waals surface area (Å²) in [5.41, 5.74) is 0. The van der Waals surface area contributed by atoms with Crippen molar-refractivity contribution in [1.82, 2.24) is 0 Å². The average Bonchev–Trinajstić information content (AvgIpc) is 2.80. The molecule has 0 unspecified atom stereocenters. The van der Waals surface area contributed by atoms with E-state index in [1.807, 2.05) is 91.0 Å². The van der Waals surface area contributed by atoms with Crippen LogP contribution in [0.5, 0.6) is 0 Å². The fourth-order valence-electron chi connectivity index (χ4n) is 4.09. The minimum atomic E-state index is -3.93. The third-order valence-corrected chi connectivity index (χ3v) is 11.0. The molecule has 0 aliphatic rings. The van der Waals surface area contributed by atoms with Crippen LogP contribution in [0.15, 0.2) is 115 Å². The molecule has 4 aromatic rings. The first-order valence-corrected chi connectivity index (χ1v) is 11.4. The normalized spacial score (nSPS) is 12.5. The van der Waals surface area contributed by atoms with E-state index in [0.29, 0.717) is 6.47 Å². The standard InChI is InChI=1S/C25H20FO2P/c26-21-16-18-25(19-17-21)29(28-20-27,22-10-4-1-5-11-22,23-12-6-2-7-13-23)24-14-8-3-9-15-24/h1-20H. The fraction of sp³-hybridized carbons (Fsp3) is 0. The van der Waals surface area contributed by atoms with E-state index in [-0.39, 0.29) is 5.82 Å². The Morgan fingerprint density at radius 3 is 1.24 bits per heavy atom. The molecule has 144 valence electrons. The number of carbonyl (C=O) groups is 1. The van der Waals surface area contributed by atoms with Gasteiger partial charge in [0.25, 0.3) is 0 Å². The van der Waals surface area contributed by atoms with Crippen LogP contribution in [0.1, 0.15) is 0 Å². The van der Waals surface area contributed by atoms with Gasteiger partial charge < -0.3 is 0 Å². The van der Waals surface area contributed by atoms with Crippen LogP contribution in [0, 0.1) is 5.82 Å². The summed E-state index contributed by atoms with van der Waals surface area (Å²) in [4.78, 5) is 12.1. The number of hydrogen-bond donors (Lipinski definition) is 0. The average molecular weight is 402 g/mol. The van der Waals surface area contributed by atoms with Crippen LogP contribution in [0.25, 0.3) is 0 Å². The van der Waals surface area contributed by atoms with E-state index < -0.39 is 6.83 Å². The fourth-order valence-corrected chi connectivity index (χ4v) is 9.48. The quantitative estimate of drug-likeness (QED) is 0.359. The molecule has 4 heteroatoms. The summed E-state index contributed by atoms with van der Waals surface area (Å²) in [5.74, 6) is -0.342. The first-order chi connectivity index (χ1) is 14.2. The van der Waals surface area contributed by atoms with Crippen molar-refractivity contribution in [3.8, 4) is 0 Å². The van der Waals surface area contributed by atoms with Crippen molar-refractivity contribution in [2.75, 3.05) is 0 Å². The Morgan fingerprint density at radius 2 is 0.897 bits per heavy atom. The van der Waals surface area contributed by atoms with Crippen molar-refractivity contribution < 1.29 is 13.7 Å². The van der Waals surface area contributed by atoms with Crippen LogP contribution in [0.3, 0.4) is 0 Å². The van der Waals surface area contributed by atoms with Gasteiger partial charge in [0, 0.05) is 0 Å². The molecule has 0 aliphatic heterocycles. The van der Waals surface area contributed by atoms with Crippen LogP contribution >= 0.6 is 6.83 Å². The SMILES string of the molecule is O=COP(c1ccccc1)(c1ccccc1)(c1ccccc1)c1ccc(F)cc1. The molecular weight excluding hydrogens is 382 g/mol. The van der Waals surface area contributed by atoms with Gasteiger partial charge in [-0.15, -0.1) is 0 Å². The molecule has 2 nitrogen and oxygen atoms in total. The maximum absolute atomic E-state index is 13.9. The summed E-state index contributed by atoms with van der Waals surface area (Å²) in [6, 6.07) is 35.5. The molecule has 0 radical (unpaired) electrons. The summed E-state index contributed by atoms with van der Waals surface area (Å²) < 4.78 is 20.2. The van der Waals surface area contributed by atoms with Gasteiger partial charge in [-0.1, -0.05) is 0 Å². The second kappa shape index (κ2) is 7.62. The van der Waals surface area contributed by atoms with E-state index in [2.05, 4.69) is 0 Å². The van der Waals surface area contributed by atoms with E-state index in [1.165, 1.54) is 12.1 Å². The molecule has 0 N–H and O–H groups in total. The molecule has 0 bridgehead atoms. The van der Waals surface area contributed by atoms with Crippen LogP contribution in [-0.4, -0.2) is 6.47 Å². The number of benzene rings is 4. The zero-order chi connectivity index (χ0) is 20.2. The zero-order valence-corrected chi connectivity index (χ0v) is 16.6. The van der Waals surface area contributed by atoms with Gasteiger partial charge in [-0.25, -0.2) is 0 Å². The number of rotatable bonds is 6. The van der Waals surface area contributed by atoms with Crippen LogP contribution in [0.4, 0.5) is 4.39 Å². The third kappa shape index (κ3) is 2.78. The van der Waals surface area contributed by atoms with Gasteiger partial charge in [-0.2, -0.15) is 0 Å². The van der Waals surface area contributed by atoms with Gasteiger partial charge in [0.1, 0.15) is 0 Å². The van der Waals surface area contributed by atoms with Crippen LogP contribution in [0.2, 0.25) is 0 Å². The van der Waals surface area contributed by atoms with Gasteiger partial charge in [0.2, 0.25) is 0 Å². The van der Waals surface area contributed by atoms with Crippen LogP contribution in [-0.2, 0) is 9.32 Å². The molecule has 0 heterocycles. The van der Waals surface area contributed by atoms with E-state index in [9.17, 15) is 9.18 Å². The molecule has 4 rings (SSSR count). The Hall–Kier alpha value is -3.29. The Balaban J connectivity index is 2.29. The molecular formula is C25H20FO2P. The molecule has 0 aliphatic carbocycles. The predicted molar refractivity (Wildman–Crippen MR) is 118 cm³/mol. The van der Waals surface area contributed by atoms with E-state index in [1.54, 1.807) is 12.1 Å². The Morgan fingerprint density at radius 1 is 0.552 bits per heavy atom. The third-order valence-electron chi connectivity index (χ3n) is 5.32. The molecule has 29 heavy (non-hydrogen) atoms. The number of halogens is 1. The van der Waals surface area contributed by atoms with Crippen molar-refractivity contribution in [1.29, 1.82) is 0 Å². The predicted octanol–water partition coefficient (Wildman–Crippen LogP) is 4.07. The maximum atomic E-state index is 13.9. The second-order valence-corrected chi connectivity index (χ2v) is 11.1. The molecule has 0 aromatic heterocycles. The van der Waals surface area contributed by atoms with E-state index >= 15 is 0 Å². The Bertz CT molecular complexity index is 998. The molecule has 4 aromatic carbocycles. The summed E-state index contributed by atoms with van der Waals surface area (Å²) in [6.45, 7) is -3.41. The zero-order valence-electron chi connectivity index (χ0n) is 15.7. The summed E-state index contributed by atoms with van der Waals surface area (Å²) in [5, 5.41) is 3.37. The monoisotopic (exact) mass is 402 g/mol. The van der Waals surface area contributed by atoms with Crippen molar-refractivity contribution in [2.24, 2.45) is 0 Å². The Kier molecular flexibility index (Phi) is 5.00. The van der Waals surface area contributed by atoms with Gasteiger partial charge >= 0.3 is 169 Å². The number of hydrogen-bond acceptors (Lipinski definition) is 2. The van der Waals surface area contributed by atoms with Gasteiger partial charge in [0.15, 0.2) is 0 Å². The molecule has 0 fully saturated rings. The van der Waals surface area contributed by atoms with Crippen molar-refractivity contribution in [3.63, 3.8) is 0 Å². The molecule has 0 spiro atoms. The first kappa shape index (κ1) is 19.0. The topological polar surface area (TPSA) is 26.3 Å². The van der Waals surface area contributed by atoms with Crippen molar-refractivity contribution in [3.05, 3.63) is 121 Å². The van der Waals surface area contributed by atoms with Gasteiger partial charge in [0.05, 0.1) is 0 Å². The molecule has 0 saturated carbocycles. The van der Waals surface area contributed by atoms with Gasteiger partial charge in [-0.3, -0.25) is 0 Å². The van der Waals surface area contributed by atoms with E-state index in [0.717, 1.165) is 21.2 Å². The minimum absolute atomic E-state index is 0.342. The summed E-state index contributed by atoms with van der Waals surface area (Å²) in [7, 11) is 0. The summed E-state index contributed by atoms with van der Waals surface area (Å²) >= 11 is 0. The van der Waals surface area contributed by atoms with Crippen molar-refractivity contribution >= 4 is 34.5 Å². The molecule has 0 amide bonds. The second-order valence-electron chi connectivity index (χ2n) is 6.72. The molecule has 0 atom stereocenters. The van der Waals surface area contributed by atoms with E-state index in [4.69, 9.17) is 4.52 Å². The van der Waals surface area contributed by atoms with Crippen molar-refractivity contribution in [2.45, 2.75) is 0 Å². The first-order valence-electron chi connectivity index (χ1n) is 9.29. The number of carbonyl (C=O) groups excluding carboxylic acids is 1. The van der Waals surface area contributed by atoms with Gasteiger partial charge in [-0.05, 0) is 0 Å².